The molecular formula is C19H27N3O3. The third-order valence-electron chi connectivity index (χ3n) is 4.54. The predicted octanol–water partition coefficient (Wildman–Crippen LogP) is 3.32. The molecule has 0 bridgehead atoms. The van der Waals surface area contributed by atoms with Crippen molar-refractivity contribution in [1.82, 2.24) is 9.88 Å². The number of carboxylic acid groups (broad SMARTS) is 1. The van der Waals surface area contributed by atoms with Crippen LogP contribution in [-0.2, 0) is 4.79 Å². The minimum atomic E-state index is -0.763. The van der Waals surface area contributed by atoms with Crippen LogP contribution in [0.2, 0.25) is 0 Å². The van der Waals surface area contributed by atoms with Gasteiger partial charge in [-0.2, -0.15) is 0 Å². The maximum atomic E-state index is 11.5. The largest absolute Gasteiger partial charge is 0.508 e. The summed E-state index contributed by atoms with van der Waals surface area (Å²) in [5.74, 6) is -0.575. The Bertz CT molecular complexity index is 716. The van der Waals surface area contributed by atoms with Crippen LogP contribution in [0.5, 0.6) is 5.75 Å². The van der Waals surface area contributed by atoms with Crippen molar-refractivity contribution in [2.24, 2.45) is 0 Å². The van der Waals surface area contributed by atoms with Gasteiger partial charge in [-0.25, -0.2) is 0 Å². The van der Waals surface area contributed by atoms with E-state index in [1.54, 1.807) is 18.3 Å². The maximum Gasteiger partial charge on any atom is 0.320 e. The van der Waals surface area contributed by atoms with Crippen LogP contribution in [0, 0.1) is 0 Å². The molecule has 1 aromatic heterocycles. The van der Waals surface area contributed by atoms with Crippen molar-refractivity contribution >= 4 is 22.6 Å². The van der Waals surface area contributed by atoms with Crippen LogP contribution in [0.25, 0.3) is 10.9 Å². The van der Waals surface area contributed by atoms with Gasteiger partial charge in [-0.05, 0) is 51.1 Å². The molecule has 0 radical (unpaired) electrons. The van der Waals surface area contributed by atoms with Crippen LogP contribution in [-0.4, -0.2) is 51.2 Å². The van der Waals surface area contributed by atoms with Crippen LogP contribution in [0.1, 0.15) is 33.6 Å². The molecule has 25 heavy (non-hydrogen) atoms. The second kappa shape index (κ2) is 8.67. The number of carbonyl (C=O) groups is 1. The molecule has 6 nitrogen and oxygen atoms in total. The number of carboxylic acids is 1. The Morgan fingerprint density at radius 2 is 1.96 bits per heavy atom. The number of phenols is 1. The fourth-order valence-electron chi connectivity index (χ4n) is 3.13. The van der Waals surface area contributed by atoms with E-state index >= 15 is 0 Å². The smallest absolute Gasteiger partial charge is 0.320 e. The molecule has 0 aliphatic rings. The third kappa shape index (κ3) is 4.82. The summed E-state index contributed by atoms with van der Waals surface area (Å²) in [6.07, 6.45) is 3.04. The molecular weight excluding hydrogens is 318 g/mol. The lowest BCUT2D eigenvalue weighted by Gasteiger charge is -2.27. The summed E-state index contributed by atoms with van der Waals surface area (Å²) in [5, 5.41) is 23.4. The summed E-state index contributed by atoms with van der Waals surface area (Å²) >= 11 is 0. The summed E-state index contributed by atoms with van der Waals surface area (Å²) in [4.78, 5) is 17.8. The van der Waals surface area contributed by atoms with Crippen molar-refractivity contribution in [3.63, 3.8) is 0 Å². The van der Waals surface area contributed by atoms with Crippen molar-refractivity contribution < 1.29 is 15.0 Å². The Morgan fingerprint density at radius 3 is 2.60 bits per heavy atom. The summed E-state index contributed by atoms with van der Waals surface area (Å²) in [5.41, 5.74) is 1.66. The topological polar surface area (TPSA) is 85.7 Å². The Balaban J connectivity index is 2.05. The molecule has 0 fully saturated rings. The summed E-state index contributed by atoms with van der Waals surface area (Å²) in [6.45, 7) is 7.48. The number of anilines is 1. The van der Waals surface area contributed by atoms with Crippen LogP contribution >= 0.6 is 0 Å². The number of nitrogens with zero attached hydrogens (tertiary/aromatic N) is 2. The molecule has 3 N–H and O–H groups in total. The van der Waals surface area contributed by atoms with Crippen molar-refractivity contribution in [2.75, 3.05) is 18.4 Å². The quantitative estimate of drug-likeness (QED) is 0.646. The minimum absolute atomic E-state index is 0.122. The van der Waals surface area contributed by atoms with E-state index in [1.807, 2.05) is 37.8 Å². The number of aromatic nitrogens is 1. The molecule has 0 saturated heterocycles. The molecule has 0 aliphatic heterocycles. The van der Waals surface area contributed by atoms with Gasteiger partial charge in [-0.15, -0.1) is 0 Å². The van der Waals surface area contributed by atoms with Crippen LogP contribution < -0.4 is 5.32 Å². The van der Waals surface area contributed by atoms with Gasteiger partial charge in [0.05, 0.1) is 5.52 Å². The standard InChI is InChI=1S/C19H27N3O3/c1-4-22(5-2)18(19(24)25)9-6-13(3)21-16-10-11-20-17-12-14(23)7-8-15(16)17/h7-8,10-13,18,23H,4-6,9H2,1-3H3,(H,20,21)(H,24,25). The molecule has 2 atom stereocenters. The van der Waals surface area contributed by atoms with E-state index in [-0.39, 0.29) is 11.8 Å². The van der Waals surface area contributed by atoms with Crippen LogP contribution in [0.3, 0.4) is 0 Å². The number of hydrogen-bond acceptors (Lipinski definition) is 5. The molecule has 2 unspecified atom stereocenters. The highest BCUT2D eigenvalue weighted by atomic mass is 16.4. The zero-order valence-corrected chi connectivity index (χ0v) is 15.1. The number of likely N-dealkylation sites (N-methyl/N-ethyl adjacent to an activating group) is 1. The van der Waals surface area contributed by atoms with Gasteiger partial charge in [0.25, 0.3) is 0 Å². The van der Waals surface area contributed by atoms with E-state index in [0.29, 0.717) is 6.42 Å². The van der Waals surface area contributed by atoms with Gasteiger partial charge in [0.2, 0.25) is 0 Å². The molecule has 2 rings (SSSR count). The number of nitrogens with one attached hydrogen (secondary N) is 1. The van der Waals surface area contributed by atoms with Crippen molar-refractivity contribution in [1.29, 1.82) is 0 Å². The number of aliphatic carboxylic acids is 1. The van der Waals surface area contributed by atoms with Gasteiger partial charge in [-0.1, -0.05) is 13.8 Å². The van der Waals surface area contributed by atoms with Gasteiger partial charge in [0.15, 0.2) is 0 Å². The lowest BCUT2D eigenvalue weighted by Crippen LogP contribution is -2.41. The molecule has 1 heterocycles. The first-order chi connectivity index (χ1) is 12.0. The van der Waals surface area contributed by atoms with Gasteiger partial charge in [0.1, 0.15) is 11.8 Å². The molecule has 0 amide bonds. The van der Waals surface area contributed by atoms with E-state index in [4.69, 9.17) is 0 Å². The number of phenolic OH excluding ortho intramolecular Hbond substituents is 1. The van der Waals surface area contributed by atoms with Crippen molar-refractivity contribution in [2.45, 2.75) is 45.7 Å². The highest BCUT2D eigenvalue weighted by molar-refractivity contribution is 5.91. The zero-order chi connectivity index (χ0) is 18.4. The fraction of sp³-hybridized carbons (Fsp3) is 0.474. The molecule has 0 aliphatic carbocycles. The SMILES string of the molecule is CCN(CC)C(CCC(C)Nc1ccnc2cc(O)ccc12)C(=O)O. The highest BCUT2D eigenvalue weighted by Gasteiger charge is 2.23. The predicted molar refractivity (Wildman–Crippen MR) is 100 cm³/mol. The molecule has 0 saturated carbocycles. The molecule has 2 aromatic rings. The Kier molecular flexibility index (Phi) is 6.58. The fourth-order valence-corrected chi connectivity index (χ4v) is 3.13. The molecule has 1 aromatic carbocycles. The first-order valence-electron chi connectivity index (χ1n) is 8.77. The van der Waals surface area contributed by atoms with Crippen LogP contribution in [0.15, 0.2) is 30.5 Å². The van der Waals surface area contributed by atoms with Gasteiger partial charge in [-0.3, -0.25) is 14.7 Å². The lowest BCUT2D eigenvalue weighted by molar-refractivity contribution is -0.143. The monoisotopic (exact) mass is 345 g/mol. The molecule has 0 spiro atoms. The second-order valence-electron chi connectivity index (χ2n) is 6.26. The molecule has 136 valence electrons. The zero-order valence-electron chi connectivity index (χ0n) is 15.1. The van der Waals surface area contributed by atoms with Crippen molar-refractivity contribution in [3.8, 4) is 5.75 Å². The number of benzene rings is 1. The number of pyridine rings is 1. The van der Waals surface area contributed by atoms with Gasteiger partial charge < -0.3 is 15.5 Å². The Hall–Kier alpha value is -2.34. The Morgan fingerprint density at radius 1 is 1.24 bits per heavy atom. The number of rotatable bonds is 9. The van der Waals surface area contributed by atoms with E-state index < -0.39 is 12.0 Å². The highest BCUT2D eigenvalue weighted by Crippen LogP contribution is 2.26. The van der Waals surface area contributed by atoms with E-state index in [1.165, 1.54) is 0 Å². The van der Waals surface area contributed by atoms with Gasteiger partial charge >= 0.3 is 5.97 Å². The van der Waals surface area contributed by atoms with E-state index in [2.05, 4.69) is 10.3 Å². The Labute approximate surface area is 148 Å². The third-order valence-corrected chi connectivity index (χ3v) is 4.54. The normalized spacial score (nSPS) is 13.8. The second-order valence-corrected chi connectivity index (χ2v) is 6.26. The maximum absolute atomic E-state index is 11.5. The lowest BCUT2D eigenvalue weighted by atomic mass is 10.0. The summed E-state index contributed by atoms with van der Waals surface area (Å²) in [7, 11) is 0. The first kappa shape index (κ1) is 19.0. The summed E-state index contributed by atoms with van der Waals surface area (Å²) < 4.78 is 0. The number of aromatic hydroxyl groups is 1. The number of fused-ring (bicyclic) bond motifs is 1. The van der Waals surface area contributed by atoms with Gasteiger partial charge in [0, 0.05) is 29.4 Å². The van der Waals surface area contributed by atoms with E-state index in [9.17, 15) is 15.0 Å². The first-order valence-corrected chi connectivity index (χ1v) is 8.77. The minimum Gasteiger partial charge on any atom is -0.508 e. The number of hydrogen-bond donors (Lipinski definition) is 3. The average Bonchev–Trinajstić information content (AvgIpc) is 2.58. The molecule has 6 heteroatoms. The van der Waals surface area contributed by atoms with E-state index in [0.717, 1.165) is 36.1 Å². The summed E-state index contributed by atoms with van der Waals surface area (Å²) in [6, 6.07) is 6.67. The van der Waals surface area contributed by atoms with Crippen LogP contribution in [0.4, 0.5) is 5.69 Å². The average molecular weight is 345 g/mol. The van der Waals surface area contributed by atoms with Crippen molar-refractivity contribution in [3.05, 3.63) is 30.5 Å².